The highest BCUT2D eigenvalue weighted by molar-refractivity contribution is 6.43. The van der Waals surface area contributed by atoms with Gasteiger partial charge in [-0.15, -0.1) is 0 Å². The van der Waals surface area contributed by atoms with Gasteiger partial charge in [-0.05, 0) is 49.0 Å². The van der Waals surface area contributed by atoms with E-state index in [1.165, 1.54) is 5.57 Å². The fourth-order valence-corrected chi connectivity index (χ4v) is 2.95. The molecule has 0 bridgehead atoms. The van der Waals surface area contributed by atoms with Gasteiger partial charge in [-0.25, -0.2) is 0 Å². The molecule has 128 valence electrons. The number of allylic oxidation sites excluding steroid dienone is 2. The summed E-state index contributed by atoms with van der Waals surface area (Å²) in [5, 5.41) is 19.2. The van der Waals surface area contributed by atoms with Crippen LogP contribution in [0.1, 0.15) is 45.1 Å². The first-order valence-corrected chi connectivity index (χ1v) is 8.73. The molecule has 3 nitrogen and oxygen atoms in total. The molecule has 1 atom stereocenters. The summed E-state index contributed by atoms with van der Waals surface area (Å²) in [6.07, 6.45) is 8.28. The number of rotatable bonds is 7. The standard InChI is InChI=1S/C20H27BO3/c1-4-15(3)19-12-13-21(23)24-20(19)11-8-16(5-2)14-17-6-9-18(22)10-7-17/h6-7,9-10,12,14,20,22-23H,3-5,8,11,13H2,1-2H3/b16-14+. The maximum atomic E-state index is 9.80. The van der Waals surface area contributed by atoms with Crippen LogP contribution < -0.4 is 0 Å². The van der Waals surface area contributed by atoms with Crippen LogP contribution >= 0.6 is 0 Å². The van der Waals surface area contributed by atoms with Crippen molar-refractivity contribution in [2.75, 3.05) is 0 Å². The zero-order valence-corrected chi connectivity index (χ0v) is 14.7. The fraction of sp³-hybridized carbons (Fsp3) is 0.400. The van der Waals surface area contributed by atoms with Crippen LogP contribution in [0.2, 0.25) is 6.32 Å². The van der Waals surface area contributed by atoms with E-state index in [0.29, 0.717) is 6.32 Å². The Morgan fingerprint density at radius 1 is 1.29 bits per heavy atom. The molecule has 0 amide bonds. The zero-order chi connectivity index (χ0) is 17.5. The maximum absolute atomic E-state index is 9.80. The maximum Gasteiger partial charge on any atom is 0.458 e. The van der Waals surface area contributed by atoms with Gasteiger partial charge in [-0.2, -0.15) is 0 Å². The topological polar surface area (TPSA) is 49.7 Å². The van der Waals surface area contributed by atoms with Crippen molar-refractivity contribution in [2.24, 2.45) is 0 Å². The molecule has 2 N–H and O–H groups in total. The fourth-order valence-electron chi connectivity index (χ4n) is 2.95. The molecular weight excluding hydrogens is 299 g/mol. The minimum atomic E-state index is -0.713. The lowest BCUT2D eigenvalue weighted by Gasteiger charge is -2.28. The van der Waals surface area contributed by atoms with Gasteiger partial charge in [0.15, 0.2) is 0 Å². The highest BCUT2D eigenvalue weighted by Gasteiger charge is 2.27. The lowest BCUT2D eigenvalue weighted by molar-refractivity contribution is 0.183. The quantitative estimate of drug-likeness (QED) is 0.712. The highest BCUT2D eigenvalue weighted by Crippen LogP contribution is 2.29. The monoisotopic (exact) mass is 326 g/mol. The summed E-state index contributed by atoms with van der Waals surface area (Å²) in [4.78, 5) is 0. The second-order valence-corrected chi connectivity index (χ2v) is 6.22. The lowest BCUT2D eigenvalue weighted by atomic mass is 9.77. The van der Waals surface area contributed by atoms with Gasteiger partial charge in [0.25, 0.3) is 0 Å². The molecule has 4 heteroatoms. The molecule has 0 fully saturated rings. The SMILES string of the molecule is C=C(CC)C1=CCB(O)OC1CC/C(=C/c1ccc(O)cc1)CC. The molecule has 1 aromatic rings. The van der Waals surface area contributed by atoms with E-state index >= 15 is 0 Å². The van der Waals surface area contributed by atoms with Gasteiger partial charge in [-0.1, -0.05) is 55.9 Å². The predicted molar refractivity (Wildman–Crippen MR) is 101 cm³/mol. The molecule has 0 aliphatic carbocycles. The molecule has 1 aromatic carbocycles. The molecule has 0 aromatic heterocycles. The van der Waals surface area contributed by atoms with Gasteiger partial charge in [0, 0.05) is 6.32 Å². The van der Waals surface area contributed by atoms with E-state index in [2.05, 4.69) is 32.6 Å². The number of benzene rings is 1. The van der Waals surface area contributed by atoms with Crippen molar-refractivity contribution in [3.8, 4) is 5.75 Å². The number of aromatic hydroxyl groups is 1. The van der Waals surface area contributed by atoms with E-state index in [1.54, 1.807) is 12.1 Å². The van der Waals surface area contributed by atoms with Gasteiger partial charge in [-0.3, -0.25) is 0 Å². The average Bonchev–Trinajstić information content (AvgIpc) is 2.59. The average molecular weight is 326 g/mol. The molecule has 1 unspecified atom stereocenters. The molecule has 0 saturated carbocycles. The van der Waals surface area contributed by atoms with Crippen molar-refractivity contribution in [1.29, 1.82) is 0 Å². The Morgan fingerprint density at radius 3 is 2.62 bits per heavy atom. The summed E-state index contributed by atoms with van der Waals surface area (Å²) in [7, 11) is -0.713. The Hall–Kier alpha value is -1.78. The highest BCUT2D eigenvalue weighted by atomic mass is 16.5. The molecule has 1 aliphatic heterocycles. The van der Waals surface area contributed by atoms with Gasteiger partial charge < -0.3 is 14.8 Å². The van der Waals surface area contributed by atoms with Crippen molar-refractivity contribution < 1.29 is 14.8 Å². The third-order valence-corrected chi connectivity index (χ3v) is 4.49. The van der Waals surface area contributed by atoms with Gasteiger partial charge in [0.2, 0.25) is 0 Å². The largest absolute Gasteiger partial charge is 0.508 e. The van der Waals surface area contributed by atoms with E-state index in [-0.39, 0.29) is 11.9 Å². The normalized spacial score (nSPS) is 18.5. The number of hydrogen-bond acceptors (Lipinski definition) is 3. The molecule has 0 radical (unpaired) electrons. The van der Waals surface area contributed by atoms with E-state index < -0.39 is 7.12 Å². The Kier molecular flexibility index (Phi) is 6.89. The van der Waals surface area contributed by atoms with Gasteiger partial charge in [0.1, 0.15) is 5.75 Å². The number of phenols is 1. The molecule has 24 heavy (non-hydrogen) atoms. The van der Waals surface area contributed by atoms with Crippen molar-refractivity contribution in [3.63, 3.8) is 0 Å². The Balaban J connectivity index is 2.05. The predicted octanol–water partition coefficient (Wildman–Crippen LogP) is 4.74. The van der Waals surface area contributed by atoms with Crippen LogP contribution in [0, 0.1) is 0 Å². The molecule has 0 spiro atoms. The Bertz CT molecular complexity index is 616. The second-order valence-electron chi connectivity index (χ2n) is 6.22. The van der Waals surface area contributed by atoms with Crippen molar-refractivity contribution in [3.05, 3.63) is 59.2 Å². The van der Waals surface area contributed by atoms with Crippen LogP contribution in [0.15, 0.2) is 53.6 Å². The summed E-state index contributed by atoms with van der Waals surface area (Å²) in [5.41, 5.74) is 4.64. The minimum Gasteiger partial charge on any atom is -0.508 e. The van der Waals surface area contributed by atoms with Gasteiger partial charge in [0.05, 0.1) is 6.10 Å². The number of phenolic OH excluding ortho intramolecular Hbond substituents is 1. The third kappa shape index (κ3) is 5.12. The molecule has 1 heterocycles. The minimum absolute atomic E-state index is 0.0871. The third-order valence-electron chi connectivity index (χ3n) is 4.49. The summed E-state index contributed by atoms with van der Waals surface area (Å²) in [6, 6.07) is 7.23. The molecule has 0 saturated heterocycles. The van der Waals surface area contributed by atoms with E-state index in [1.807, 2.05) is 12.1 Å². The first-order valence-electron chi connectivity index (χ1n) is 8.73. The van der Waals surface area contributed by atoms with Crippen LogP contribution in [0.5, 0.6) is 5.75 Å². The van der Waals surface area contributed by atoms with Crippen molar-refractivity contribution >= 4 is 13.2 Å². The van der Waals surface area contributed by atoms with Crippen LogP contribution in [0.4, 0.5) is 0 Å². The first kappa shape index (κ1) is 18.6. The second kappa shape index (κ2) is 8.90. The summed E-state index contributed by atoms with van der Waals surface area (Å²) >= 11 is 0. The van der Waals surface area contributed by atoms with Gasteiger partial charge >= 0.3 is 7.12 Å². The first-order chi connectivity index (χ1) is 11.5. The Labute approximate surface area is 145 Å². The van der Waals surface area contributed by atoms with Crippen molar-refractivity contribution in [1.82, 2.24) is 0 Å². The van der Waals surface area contributed by atoms with Crippen LogP contribution in [0.3, 0.4) is 0 Å². The van der Waals surface area contributed by atoms with E-state index in [0.717, 1.165) is 42.4 Å². The van der Waals surface area contributed by atoms with Crippen LogP contribution in [0.25, 0.3) is 6.08 Å². The Morgan fingerprint density at radius 2 is 2.00 bits per heavy atom. The van der Waals surface area contributed by atoms with E-state index in [4.69, 9.17) is 4.65 Å². The summed E-state index contributed by atoms with van der Waals surface area (Å²) in [5.74, 6) is 0.280. The summed E-state index contributed by atoms with van der Waals surface area (Å²) < 4.78 is 5.75. The molecular formula is C20H27BO3. The van der Waals surface area contributed by atoms with Crippen LogP contribution in [-0.2, 0) is 4.65 Å². The lowest BCUT2D eigenvalue weighted by Crippen LogP contribution is -2.31. The summed E-state index contributed by atoms with van der Waals surface area (Å²) in [6.45, 7) is 8.36. The van der Waals surface area contributed by atoms with Crippen LogP contribution in [-0.4, -0.2) is 23.4 Å². The smallest absolute Gasteiger partial charge is 0.458 e. The number of hydrogen-bond donors (Lipinski definition) is 2. The molecule has 2 rings (SSSR count). The van der Waals surface area contributed by atoms with E-state index in [9.17, 15) is 10.1 Å². The zero-order valence-electron chi connectivity index (χ0n) is 14.7. The van der Waals surface area contributed by atoms with Crippen molar-refractivity contribution in [2.45, 2.75) is 52.0 Å². The molecule has 1 aliphatic rings.